The Morgan fingerprint density at radius 2 is 1.33 bits per heavy atom. The van der Waals surface area contributed by atoms with Gasteiger partial charge in [-0.3, -0.25) is 0 Å². The summed E-state index contributed by atoms with van der Waals surface area (Å²) in [5.74, 6) is 0. The van der Waals surface area contributed by atoms with Gasteiger partial charge in [-0.15, -0.1) is 23.2 Å². The van der Waals surface area contributed by atoms with E-state index in [1.807, 2.05) is 0 Å². The lowest BCUT2D eigenvalue weighted by molar-refractivity contribution is 0.151. The molecule has 0 aliphatic rings. The van der Waals surface area contributed by atoms with Gasteiger partial charge in [-0.05, 0) is 5.56 Å². The Bertz CT molecular complexity index is 217. The monoisotopic (exact) mass is 210 g/mol. The highest BCUT2D eigenvalue weighted by Gasteiger charge is 2.07. The second kappa shape index (κ2) is 4.06. The molecule has 0 unspecified atom stereocenters. The predicted octanol–water partition coefficient (Wildman–Crippen LogP) is 4.10. The average Bonchev–Trinajstić information content (AvgIpc) is 2.04. The van der Waals surface area contributed by atoms with Crippen molar-refractivity contribution in [3.05, 3.63) is 35.4 Å². The number of hydrogen-bond acceptors (Lipinski definition) is 0. The lowest BCUT2D eigenvalue weighted by Gasteiger charge is -2.02. The quantitative estimate of drug-likeness (QED) is 0.646. The van der Waals surface area contributed by atoms with E-state index < -0.39 is 11.3 Å². The third-order valence-electron chi connectivity index (χ3n) is 1.44. The minimum Gasteiger partial charge on any atom is -0.205 e. The third-order valence-corrected chi connectivity index (χ3v) is 1.94. The molecule has 1 aromatic carbocycles. The van der Waals surface area contributed by atoms with Crippen LogP contribution in [0.4, 0.5) is 8.78 Å². The zero-order valence-corrected chi connectivity index (χ0v) is 7.49. The Kier molecular flexibility index (Phi) is 3.29. The van der Waals surface area contributed by atoms with Gasteiger partial charge in [0.15, 0.2) is 0 Å². The molecular weight excluding hydrogens is 205 g/mol. The predicted molar refractivity (Wildman–Crippen MR) is 45.8 cm³/mol. The largest absolute Gasteiger partial charge is 0.263 e. The first-order valence-electron chi connectivity index (χ1n) is 3.27. The van der Waals surface area contributed by atoms with Gasteiger partial charge in [-0.2, -0.15) is 0 Å². The summed E-state index contributed by atoms with van der Waals surface area (Å²) in [6.45, 7) is 0. The van der Waals surface area contributed by atoms with Crippen LogP contribution < -0.4 is 0 Å². The van der Waals surface area contributed by atoms with Crippen LogP contribution in [0.2, 0.25) is 0 Å². The second-order valence-corrected chi connectivity index (χ2v) is 3.36. The van der Waals surface area contributed by atoms with Gasteiger partial charge < -0.3 is 0 Å². The Labute approximate surface area is 79.1 Å². The van der Waals surface area contributed by atoms with Crippen LogP contribution in [0.25, 0.3) is 0 Å². The molecule has 0 saturated heterocycles. The molecule has 0 aromatic heterocycles. The molecule has 0 heterocycles. The second-order valence-electron chi connectivity index (χ2n) is 2.27. The number of halogens is 4. The van der Waals surface area contributed by atoms with Crippen molar-refractivity contribution < 1.29 is 8.78 Å². The summed E-state index contributed by atoms with van der Waals surface area (Å²) < 4.78 is 24.1. The zero-order chi connectivity index (χ0) is 9.14. The van der Waals surface area contributed by atoms with Crippen molar-refractivity contribution >= 4 is 23.2 Å². The van der Waals surface area contributed by atoms with Gasteiger partial charge >= 0.3 is 0 Å². The van der Waals surface area contributed by atoms with Gasteiger partial charge in [0.25, 0.3) is 6.43 Å². The summed E-state index contributed by atoms with van der Waals surface area (Å²) in [6.07, 6.45) is -2.44. The molecule has 0 bridgehead atoms. The van der Waals surface area contributed by atoms with Crippen molar-refractivity contribution in [2.24, 2.45) is 0 Å². The van der Waals surface area contributed by atoms with Gasteiger partial charge in [0.05, 0.1) is 0 Å². The van der Waals surface area contributed by atoms with E-state index in [-0.39, 0.29) is 5.56 Å². The van der Waals surface area contributed by atoms with Crippen LogP contribution in [0.1, 0.15) is 22.4 Å². The van der Waals surface area contributed by atoms with Crippen LogP contribution in [-0.2, 0) is 0 Å². The summed E-state index contributed by atoms with van der Waals surface area (Å²) >= 11 is 11.0. The van der Waals surface area contributed by atoms with E-state index >= 15 is 0 Å². The lowest BCUT2D eigenvalue weighted by Crippen LogP contribution is -1.85. The van der Waals surface area contributed by atoms with E-state index in [0.717, 1.165) is 0 Å². The molecule has 12 heavy (non-hydrogen) atoms. The Hall–Kier alpha value is -0.340. The van der Waals surface area contributed by atoms with Gasteiger partial charge in [-0.1, -0.05) is 24.3 Å². The van der Waals surface area contributed by atoms with Gasteiger partial charge in [-0.25, -0.2) is 8.78 Å². The smallest absolute Gasteiger partial charge is 0.205 e. The van der Waals surface area contributed by atoms with E-state index in [1.54, 1.807) is 0 Å². The highest BCUT2D eigenvalue weighted by atomic mass is 35.5. The summed E-state index contributed by atoms with van der Waals surface area (Å²) in [5.41, 5.74) is 0.607. The third kappa shape index (κ3) is 2.32. The molecule has 0 amide bonds. The molecule has 0 atom stereocenters. The normalized spacial score (nSPS) is 11.2. The molecule has 0 nitrogen and oxygen atoms in total. The molecule has 0 N–H and O–H groups in total. The fraction of sp³-hybridized carbons (Fsp3) is 0.250. The summed E-state index contributed by atoms with van der Waals surface area (Å²) in [5, 5.41) is 0. The van der Waals surface area contributed by atoms with Crippen LogP contribution in [0.15, 0.2) is 24.3 Å². The molecule has 1 rings (SSSR count). The van der Waals surface area contributed by atoms with E-state index in [9.17, 15) is 8.78 Å². The van der Waals surface area contributed by atoms with Gasteiger partial charge in [0.1, 0.15) is 4.84 Å². The van der Waals surface area contributed by atoms with Crippen molar-refractivity contribution in [2.45, 2.75) is 11.3 Å². The SMILES string of the molecule is FC(F)c1ccc(C(Cl)Cl)cc1. The van der Waals surface area contributed by atoms with Crippen LogP contribution in [0, 0.1) is 0 Å². The summed E-state index contributed by atoms with van der Waals surface area (Å²) in [4.78, 5) is -0.656. The molecule has 0 aliphatic carbocycles. The molecule has 0 radical (unpaired) electrons. The van der Waals surface area contributed by atoms with Crippen LogP contribution >= 0.6 is 23.2 Å². The van der Waals surface area contributed by atoms with Crippen LogP contribution in [-0.4, -0.2) is 0 Å². The number of alkyl halides is 4. The van der Waals surface area contributed by atoms with Gasteiger partial charge in [0, 0.05) is 5.56 Å². The first-order chi connectivity index (χ1) is 5.61. The maximum Gasteiger partial charge on any atom is 0.263 e. The fourth-order valence-corrected chi connectivity index (χ4v) is 1.08. The van der Waals surface area contributed by atoms with E-state index in [1.165, 1.54) is 24.3 Å². The molecule has 0 spiro atoms. The maximum atomic E-state index is 12.0. The van der Waals surface area contributed by atoms with E-state index in [0.29, 0.717) is 5.56 Å². The Morgan fingerprint density at radius 3 is 1.67 bits per heavy atom. The molecule has 4 heteroatoms. The molecule has 66 valence electrons. The Morgan fingerprint density at radius 1 is 0.917 bits per heavy atom. The average molecular weight is 211 g/mol. The van der Waals surface area contributed by atoms with Crippen molar-refractivity contribution in [3.63, 3.8) is 0 Å². The summed E-state index contributed by atoms with van der Waals surface area (Å²) in [6, 6.07) is 5.62. The van der Waals surface area contributed by atoms with E-state index in [4.69, 9.17) is 23.2 Å². The zero-order valence-electron chi connectivity index (χ0n) is 5.98. The van der Waals surface area contributed by atoms with E-state index in [2.05, 4.69) is 0 Å². The Balaban J connectivity index is 2.86. The molecular formula is C8H6Cl2F2. The minimum atomic E-state index is -2.44. The minimum absolute atomic E-state index is 0.0206. The maximum absolute atomic E-state index is 12.0. The number of hydrogen-bond donors (Lipinski definition) is 0. The number of rotatable bonds is 2. The molecule has 1 aromatic rings. The topological polar surface area (TPSA) is 0 Å². The highest BCUT2D eigenvalue weighted by Crippen LogP contribution is 2.26. The standard InChI is InChI=1S/C8H6Cl2F2/c9-7(10)5-1-3-6(4-2-5)8(11)12/h1-4,7-8H. The molecule has 0 saturated carbocycles. The van der Waals surface area contributed by atoms with Gasteiger partial charge in [0.2, 0.25) is 0 Å². The molecule has 0 aliphatic heterocycles. The fourth-order valence-electron chi connectivity index (χ4n) is 0.787. The molecule has 0 fully saturated rings. The van der Waals surface area contributed by atoms with Crippen molar-refractivity contribution in [1.82, 2.24) is 0 Å². The number of benzene rings is 1. The van der Waals surface area contributed by atoms with Crippen molar-refractivity contribution in [1.29, 1.82) is 0 Å². The lowest BCUT2D eigenvalue weighted by atomic mass is 10.2. The highest BCUT2D eigenvalue weighted by molar-refractivity contribution is 6.44. The van der Waals surface area contributed by atoms with Crippen LogP contribution in [0.5, 0.6) is 0 Å². The first-order valence-corrected chi connectivity index (χ1v) is 4.14. The summed E-state index contributed by atoms with van der Waals surface area (Å²) in [7, 11) is 0. The van der Waals surface area contributed by atoms with Crippen LogP contribution in [0.3, 0.4) is 0 Å². The first kappa shape index (κ1) is 9.75. The van der Waals surface area contributed by atoms with Crippen molar-refractivity contribution in [2.75, 3.05) is 0 Å². The van der Waals surface area contributed by atoms with Crippen molar-refractivity contribution in [3.8, 4) is 0 Å².